The molecule has 0 spiro atoms. The monoisotopic (exact) mass is 283 g/mol. The Morgan fingerprint density at radius 1 is 1.37 bits per heavy atom. The summed E-state index contributed by atoms with van der Waals surface area (Å²) in [6.07, 6.45) is -1.12. The van der Waals surface area contributed by atoms with Crippen LogP contribution in [0.15, 0.2) is 22.7 Å². The summed E-state index contributed by atoms with van der Waals surface area (Å²) in [6.45, 7) is 1.70. The molecule has 0 saturated heterocycles. The largest absolute Gasteiger partial charge is 0.495 e. The van der Waals surface area contributed by atoms with Crippen molar-refractivity contribution in [2.75, 3.05) is 14.2 Å². The van der Waals surface area contributed by atoms with Crippen LogP contribution in [0.3, 0.4) is 0 Å². The lowest BCUT2D eigenvalue weighted by atomic mass is 10.1. The quantitative estimate of drug-likeness (QED) is 0.874. The molecule has 19 heavy (non-hydrogen) atoms. The van der Waals surface area contributed by atoms with Gasteiger partial charge >= 0.3 is 0 Å². The first-order valence-corrected chi connectivity index (χ1v) is 5.97. The van der Waals surface area contributed by atoms with Gasteiger partial charge in [-0.05, 0) is 13.0 Å². The van der Waals surface area contributed by atoms with Crippen LogP contribution in [0.4, 0.5) is 0 Å². The van der Waals surface area contributed by atoms with Crippen molar-refractivity contribution in [2.45, 2.75) is 13.2 Å². The molecule has 0 saturated carbocycles. The molecule has 1 aromatic heterocycles. The molecule has 1 unspecified atom stereocenters. The number of halogens is 1. The summed E-state index contributed by atoms with van der Waals surface area (Å²) >= 11 is 6.24. The zero-order valence-electron chi connectivity index (χ0n) is 10.8. The molecule has 1 aromatic carbocycles. The normalized spacial score (nSPS) is 12.5. The molecule has 0 bridgehead atoms. The number of aliphatic hydroxyl groups is 1. The number of aliphatic hydroxyl groups excluding tert-OH is 1. The highest BCUT2D eigenvalue weighted by atomic mass is 35.5. The van der Waals surface area contributed by atoms with Crippen molar-refractivity contribution in [1.82, 2.24) is 5.16 Å². The van der Waals surface area contributed by atoms with Crippen LogP contribution < -0.4 is 4.74 Å². The van der Waals surface area contributed by atoms with Gasteiger partial charge in [0.2, 0.25) is 0 Å². The van der Waals surface area contributed by atoms with Gasteiger partial charge in [-0.3, -0.25) is 0 Å². The summed E-state index contributed by atoms with van der Waals surface area (Å²) in [5.74, 6) is 1.00. The van der Waals surface area contributed by atoms with Crippen LogP contribution >= 0.6 is 11.6 Å². The van der Waals surface area contributed by atoms with E-state index in [0.717, 1.165) is 0 Å². The Labute approximate surface area is 115 Å². The van der Waals surface area contributed by atoms with E-state index in [1.165, 1.54) is 14.2 Å². The first-order valence-electron chi connectivity index (χ1n) is 5.60. The van der Waals surface area contributed by atoms with Crippen molar-refractivity contribution < 1.29 is 19.1 Å². The van der Waals surface area contributed by atoms with E-state index in [1.54, 1.807) is 25.1 Å². The Kier molecular flexibility index (Phi) is 4.09. The summed E-state index contributed by atoms with van der Waals surface area (Å²) in [5.41, 5.74) is 1.51. The molecule has 0 aliphatic carbocycles. The fraction of sp³-hybridized carbons (Fsp3) is 0.308. The zero-order chi connectivity index (χ0) is 14.0. The molecule has 0 aliphatic rings. The van der Waals surface area contributed by atoms with Gasteiger partial charge in [0.05, 0.1) is 17.7 Å². The van der Waals surface area contributed by atoms with E-state index in [-0.39, 0.29) is 0 Å². The zero-order valence-corrected chi connectivity index (χ0v) is 11.6. The molecule has 0 amide bonds. The first kappa shape index (κ1) is 13.9. The Balaban J connectivity index is 2.60. The smallest absolute Gasteiger partial charge is 0.186 e. The van der Waals surface area contributed by atoms with Gasteiger partial charge in [0.15, 0.2) is 6.29 Å². The molecule has 2 aromatic rings. The summed E-state index contributed by atoms with van der Waals surface area (Å²) in [7, 11) is 2.93. The highest BCUT2D eigenvalue weighted by molar-refractivity contribution is 6.34. The summed E-state index contributed by atoms with van der Waals surface area (Å²) < 4.78 is 15.2. The SMILES string of the molecule is COc1cccc(-c2noc(C)c2C(O)OC)c1Cl. The van der Waals surface area contributed by atoms with Gasteiger partial charge in [-0.25, -0.2) is 0 Å². The van der Waals surface area contributed by atoms with Gasteiger partial charge in [0.1, 0.15) is 17.2 Å². The van der Waals surface area contributed by atoms with Gasteiger partial charge in [-0.1, -0.05) is 28.9 Å². The molecule has 0 fully saturated rings. The lowest BCUT2D eigenvalue weighted by Gasteiger charge is -2.11. The van der Waals surface area contributed by atoms with Crippen LogP contribution in [-0.4, -0.2) is 24.5 Å². The van der Waals surface area contributed by atoms with Gasteiger partial charge in [-0.15, -0.1) is 0 Å². The highest BCUT2D eigenvalue weighted by Gasteiger charge is 2.23. The summed E-state index contributed by atoms with van der Waals surface area (Å²) in [6, 6.07) is 5.30. The number of aryl methyl sites for hydroxylation is 1. The maximum Gasteiger partial charge on any atom is 0.186 e. The van der Waals surface area contributed by atoms with E-state index in [9.17, 15) is 5.11 Å². The van der Waals surface area contributed by atoms with E-state index in [0.29, 0.717) is 33.4 Å². The van der Waals surface area contributed by atoms with Gasteiger partial charge in [-0.2, -0.15) is 0 Å². The number of nitrogens with zero attached hydrogens (tertiary/aromatic N) is 1. The molecule has 2 rings (SSSR count). The standard InChI is InChI=1S/C13H14ClNO4/c1-7-10(13(16)18-3)12(15-19-7)8-5-4-6-9(17-2)11(8)14/h4-6,13,16H,1-3H3. The Hall–Kier alpha value is -1.56. The number of hydrogen-bond acceptors (Lipinski definition) is 5. The Bertz CT molecular complexity index is 582. The molecular formula is C13H14ClNO4. The van der Waals surface area contributed by atoms with Crippen LogP contribution in [-0.2, 0) is 4.74 Å². The summed E-state index contributed by atoms with van der Waals surface area (Å²) in [4.78, 5) is 0. The Morgan fingerprint density at radius 3 is 2.74 bits per heavy atom. The second-order valence-corrected chi connectivity index (χ2v) is 4.29. The van der Waals surface area contributed by atoms with Gasteiger partial charge in [0.25, 0.3) is 0 Å². The molecule has 0 aliphatic heterocycles. The lowest BCUT2D eigenvalue weighted by molar-refractivity contribution is -0.0773. The van der Waals surface area contributed by atoms with Crippen molar-refractivity contribution in [3.8, 4) is 17.0 Å². The lowest BCUT2D eigenvalue weighted by Crippen LogP contribution is -2.02. The maximum atomic E-state index is 9.86. The minimum atomic E-state index is -1.12. The van der Waals surface area contributed by atoms with Gasteiger partial charge < -0.3 is 19.1 Å². The van der Waals surface area contributed by atoms with Crippen molar-refractivity contribution in [3.05, 3.63) is 34.5 Å². The molecule has 6 heteroatoms. The van der Waals surface area contributed by atoms with Crippen LogP contribution in [0.2, 0.25) is 5.02 Å². The van der Waals surface area contributed by atoms with E-state index >= 15 is 0 Å². The molecule has 5 nitrogen and oxygen atoms in total. The predicted molar refractivity (Wildman–Crippen MR) is 70.2 cm³/mol. The van der Waals surface area contributed by atoms with E-state index in [4.69, 9.17) is 25.6 Å². The fourth-order valence-corrected chi connectivity index (χ4v) is 2.13. The topological polar surface area (TPSA) is 64.7 Å². The molecule has 1 heterocycles. The third-order valence-corrected chi connectivity index (χ3v) is 3.21. The first-order chi connectivity index (χ1) is 9.10. The van der Waals surface area contributed by atoms with E-state index in [2.05, 4.69) is 5.16 Å². The highest BCUT2D eigenvalue weighted by Crippen LogP contribution is 2.38. The summed E-state index contributed by atoms with van der Waals surface area (Å²) in [5, 5.41) is 14.2. The second-order valence-electron chi connectivity index (χ2n) is 3.91. The van der Waals surface area contributed by atoms with Crippen molar-refractivity contribution in [1.29, 1.82) is 0 Å². The van der Waals surface area contributed by atoms with Crippen LogP contribution in [0, 0.1) is 6.92 Å². The van der Waals surface area contributed by atoms with Crippen LogP contribution in [0.25, 0.3) is 11.3 Å². The van der Waals surface area contributed by atoms with Crippen molar-refractivity contribution in [3.63, 3.8) is 0 Å². The fourth-order valence-electron chi connectivity index (χ4n) is 1.83. The number of benzene rings is 1. The van der Waals surface area contributed by atoms with E-state index < -0.39 is 6.29 Å². The average molecular weight is 284 g/mol. The number of rotatable bonds is 4. The predicted octanol–water partition coefficient (Wildman–Crippen LogP) is 2.95. The molecule has 102 valence electrons. The van der Waals surface area contributed by atoms with Crippen LogP contribution in [0.1, 0.15) is 17.6 Å². The average Bonchev–Trinajstić information content (AvgIpc) is 2.80. The Morgan fingerprint density at radius 2 is 2.11 bits per heavy atom. The van der Waals surface area contributed by atoms with E-state index in [1.807, 2.05) is 0 Å². The molecule has 0 radical (unpaired) electrons. The molecule has 1 atom stereocenters. The number of ether oxygens (including phenoxy) is 2. The number of methoxy groups -OCH3 is 2. The van der Waals surface area contributed by atoms with Gasteiger partial charge in [0, 0.05) is 12.7 Å². The van der Waals surface area contributed by atoms with Crippen molar-refractivity contribution in [2.24, 2.45) is 0 Å². The third kappa shape index (κ3) is 2.45. The second kappa shape index (κ2) is 5.61. The minimum Gasteiger partial charge on any atom is -0.495 e. The third-order valence-electron chi connectivity index (χ3n) is 2.82. The maximum absolute atomic E-state index is 9.86. The minimum absolute atomic E-state index is 0.405. The number of aromatic nitrogens is 1. The van der Waals surface area contributed by atoms with Crippen LogP contribution in [0.5, 0.6) is 5.75 Å². The number of hydrogen-bond donors (Lipinski definition) is 1. The molecule has 1 N–H and O–H groups in total. The molecular weight excluding hydrogens is 270 g/mol. The van der Waals surface area contributed by atoms with Crippen molar-refractivity contribution >= 4 is 11.6 Å².